The van der Waals surface area contributed by atoms with E-state index in [2.05, 4.69) is 25.8 Å². The van der Waals surface area contributed by atoms with Crippen LogP contribution in [0.2, 0.25) is 0 Å². The van der Waals surface area contributed by atoms with E-state index in [1.54, 1.807) is 23.5 Å². The maximum absolute atomic E-state index is 14.1. The minimum Gasteiger partial charge on any atom is -0.490 e. The number of aliphatic hydroxyl groups is 1. The number of nitro benzene ring substituents is 1. The minimum absolute atomic E-state index is 0.00377. The summed E-state index contributed by atoms with van der Waals surface area (Å²) in [5.74, 6) is -0.375. The number of likely N-dealkylation sites (tertiary alicyclic amines) is 2. The van der Waals surface area contributed by atoms with Gasteiger partial charge in [-0.3, -0.25) is 24.5 Å². The number of piperidine rings is 1. The normalized spacial score (nSPS) is 21.3. The molecule has 0 unspecified atom stereocenters. The van der Waals surface area contributed by atoms with Crippen molar-refractivity contribution in [2.45, 2.75) is 138 Å². The number of nitro groups is 1. The van der Waals surface area contributed by atoms with Crippen molar-refractivity contribution < 1.29 is 38.6 Å². The maximum atomic E-state index is 14.1. The summed E-state index contributed by atoms with van der Waals surface area (Å²) in [5.41, 5.74) is 5.97. The van der Waals surface area contributed by atoms with E-state index in [1.807, 2.05) is 82.6 Å². The number of aliphatic hydroxyl groups excluding tert-OH is 1. The fourth-order valence-electron chi connectivity index (χ4n) is 9.40. The number of non-ortho nitro benzene ring substituents is 1. The molecule has 0 radical (unpaired) electrons. The molecule has 4 aliphatic rings. The number of hydrogen-bond donors (Lipinski definition) is 4. The molecular formula is C51H65N7O9S2. The van der Waals surface area contributed by atoms with Gasteiger partial charge in [-0.1, -0.05) is 56.8 Å². The van der Waals surface area contributed by atoms with Gasteiger partial charge in [0, 0.05) is 67.4 Å². The van der Waals surface area contributed by atoms with Gasteiger partial charge in [-0.15, -0.1) is 11.3 Å². The molecule has 2 saturated heterocycles. The van der Waals surface area contributed by atoms with E-state index in [0.29, 0.717) is 6.61 Å². The van der Waals surface area contributed by atoms with Crippen molar-refractivity contribution in [2.75, 3.05) is 44.7 Å². The highest BCUT2D eigenvalue weighted by Crippen LogP contribution is 2.47. The lowest BCUT2D eigenvalue weighted by Crippen LogP contribution is -2.58. The Morgan fingerprint density at radius 3 is 2.36 bits per heavy atom. The first-order chi connectivity index (χ1) is 33.1. The second-order valence-corrected chi connectivity index (χ2v) is 21.8. The zero-order valence-corrected chi connectivity index (χ0v) is 41.7. The fourth-order valence-corrected chi connectivity index (χ4v) is 11.3. The van der Waals surface area contributed by atoms with Crippen LogP contribution in [0.25, 0.3) is 10.4 Å². The molecule has 4 atom stereocenters. The van der Waals surface area contributed by atoms with Crippen LogP contribution < -0.4 is 20.7 Å². The van der Waals surface area contributed by atoms with E-state index in [0.717, 1.165) is 113 Å². The second kappa shape index (κ2) is 22.3. The molecule has 16 nitrogen and oxygen atoms in total. The van der Waals surface area contributed by atoms with Crippen LogP contribution in [-0.2, 0) is 23.9 Å². The molecule has 18 heteroatoms. The number of anilines is 2. The highest BCUT2D eigenvalue weighted by Gasteiger charge is 2.45. The first-order valence-corrected chi connectivity index (χ1v) is 25.9. The molecule has 0 bridgehead atoms. The third-order valence-electron chi connectivity index (χ3n) is 13.4. The smallest absolute Gasteiger partial charge is 0.270 e. The van der Waals surface area contributed by atoms with Crippen LogP contribution in [0.1, 0.15) is 96.4 Å². The summed E-state index contributed by atoms with van der Waals surface area (Å²) >= 11 is 3.08. The van der Waals surface area contributed by atoms with Gasteiger partial charge >= 0.3 is 0 Å². The van der Waals surface area contributed by atoms with Crippen molar-refractivity contribution in [1.29, 1.82) is 0 Å². The van der Waals surface area contributed by atoms with Crippen LogP contribution in [0.15, 0.2) is 76.0 Å². The van der Waals surface area contributed by atoms with Gasteiger partial charge in [0.05, 0.1) is 56.7 Å². The summed E-state index contributed by atoms with van der Waals surface area (Å²) in [4.78, 5) is 62.9. The topological polar surface area (TPSA) is 198 Å². The Morgan fingerprint density at radius 2 is 1.67 bits per heavy atom. The summed E-state index contributed by atoms with van der Waals surface area (Å²) in [6, 6.07) is 16.6. The molecule has 4 aromatic rings. The Balaban J connectivity index is 0.685. The van der Waals surface area contributed by atoms with Crippen LogP contribution in [0, 0.1) is 22.5 Å². The highest BCUT2D eigenvalue weighted by molar-refractivity contribution is 7.99. The van der Waals surface area contributed by atoms with Crippen LogP contribution in [-0.4, -0.2) is 118 Å². The van der Waals surface area contributed by atoms with E-state index < -0.39 is 35.4 Å². The van der Waals surface area contributed by atoms with Gasteiger partial charge in [0.2, 0.25) is 17.7 Å². The number of ether oxygens (including phenoxy) is 3. The number of aryl methyl sites for hydroxylation is 1. The maximum Gasteiger partial charge on any atom is 0.270 e. The number of unbranched alkanes of at least 4 members (excludes halogenated alkanes) is 2. The number of fused-ring (bicyclic) bond motifs is 2. The Morgan fingerprint density at radius 1 is 0.942 bits per heavy atom. The molecule has 69 heavy (non-hydrogen) atoms. The monoisotopic (exact) mass is 983 g/mol. The van der Waals surface area contributed by atoms with Crippen molar-refractivity contribution in [3.05, 3.63) is 87.5 Å². The molecule has 4 heterocycles. The third-order valence-corrected chi connectivity index (χ3v) is 15.5. The number of carbonyl (C=O) groups excluding carboxylic acids is 3. The molecule has 3 fully saturated rings. The fraction of sp³-hybridized carbons (Fsp3) is 0.529. The summed E-state index contributed by atoms with van der Waals surface area (Å²) in [6.45, 7) is 12.7. The molecule has 370 valence electrons. The summed E-state index contributed by atoms with van der Waals surface area (Å²) < 4.78 is 18.5. The summed E-state index contributed by atoms with van der Waals surface area (Å²) in [7, 11) is 0. The lowest BCUT2D eigenvalue weighted by molar-refractivity contribution is -0.385. The number of hydrogen-bond acceptors (Lipinski definition) is 14. The molecule has 0 spiro atoms. The Hall–Kier alpha value is -5.11. The zero-order chi connectivity index (χ0) is 48.8. The predicted molar refractivity (Wildman–Crippen MR) is 266 cm³/mol. The van der Waals surface area contributed by atoms with E-state index in [9.17, 15) is 29.6 Å². The van der Waals surface area contributed by atoms with Gasteiger partial charge < -0.3 is 45.1 Å². The molecule has 1 aromatic heterocycles. The molecule has 3 aliphatic heterocycles. The van der Waals surface area contributed by atoms with Crippen LogP contribution in [0.3, 0.4) is 0 Å². The number of amides is 3. The summed E-state index contributed by atoms with van der Waals surface area (Å²) in [6.07, 6.45) is 6.33. The zero-order valence-electron chi connectivity index (χ0n) is 40.1. The lowest BCUT2D eigenvalue weighted by Gasteiger charge is -2.40. The van der Waals surface area contributed by atoms with Crippen molar-refractivity contribution in [3.8, 4) is 16.2 Å². The van der Waals surface area contributed by atoms with Crippen LogP contribution >= 0.6 is 23.1 Å². The number of thiazole rings is 1. The SMILES string of the molecule is Cc1ncsc1-c1ccc([C@H](C)NC(=O)[C@@H]2C[C@@H](O)CN2C(=O)[C@@H](NC(=O)COCCCCCN2CCC(OC3CC(Oc4ccc5c(c4)Sc4cc([N+](=O)[O-])ccc4N5)C3)CC2)C(C)(C)C)cc1. The Labute approximate surface area is 412 Å². The van der Waals surface area contributed by atoms with E-state index in [1.165, 1.54) is 22.7 Å². The number of nitrogens with zero attached hydrogens (tertiary/aromatic N) is 4. The number of rotatable bonds is 19. The lowest BCUT2D eigenvalue weighted by atomic mass is 9.85. The first kappa shape index (κ1) is 50.3. The van der Waals surface area contributed by atoms with E-state index >= 15 is 0 Å². The van der Waals surface area contributed by atoms with Gasteiger partial charge in [0.1, 0.15) is 30.5 Å². The quantitative estimate of drug-likeness (QED) is 0.0352. The van der Waals surface area contributed by atoms with Gasteiger partial charge in [0.25, 0.3) is 5.69 Å². The summed E-state index contributed by atoms with van der Waals surface area (Å²) in [5, 5.41) is 31.2. The van der Waals surface area contributed by atoms with E-state index in [4.69, 9.17) is 14.2 Å². The molecule has 3 aromatic carbocycles. The number of carbonyl (C=O) groups is 3. The Bertz CT molecular complexity index is 2450. The van der Waals surface area contributed by atoms with Crippen molar-refractivity contribution in [1.82, 2.24) is 25.4 Å². The third kappa shape index (κ3) is 12.8. The molecule has 1 aliphatic carbocycles. The number of nitrogens with one attached hydrogen (secondary N) is 3. The van der Waals surface area contributed by atoms with Crippen molar-refractivity contribution in [3.63, 3.8) is 0 Å². The molecular weight excluding hydrogens is 919 g/mol. The van der Waals surface area contributed by atoms with Crippen LogP contribution in [0.4, 0.5) is 17.1 Å². The molecule has 4 N–H and O–H groups in total. The van der Waals surface area contributed by atoms with Gasteiger partial charge in [-0.2, -0.15) is 0 Å². The Kier molecular flexibility index (Phi) is 16.3. The number of aromatic nitrogens is 1. The average Bonchev–Trinajstić information content (AvgIpc) is 3.93. The van der Waals surface area contributed by atoms with Crippen molar-refractivity contribution >= 4 is 57.9 Å². The van der Waals surface area contributed by atoms with Crippen molar-refractivity contribution in [2.24, 2.45) is 5.41 Å². The minimum atomic E-state index is -0.926. The molecule has 3 amide bonds. The second-order valence-electron chi connectivity index (χ2n) is 19.8. The standard InChI is InChI=1S/C51H65N7O9S2/c1-31(33-9-11-34(12-10-33)47-32(2)52-30-68-47)53-49(61)43-24-36(59)28-57(43)50(62)48(51(3,4)5)55-46(60)29-65-22-8-6-7-19-56-20-17-37(18-21-56)66-39-25-40(26-39)67-38-14-16-42-45(27-38)69-44-23-35(58(63)64)13-15-41(44)54-42/h9-16,23,27,30-31,36-37,39-40,43,48,54,59H,6-8,17-22,24-26,28-29H2,1-5H3,(H,53,61)(H,55,60)/t31-,36+,39?,40?,43-,48+/m0/s1. The van der Waals surface area contributed by atoms with Crippen LogP contribution in [0.5, 0.6) is 5.75 Å². The van der Waals surface area contributed by atoms with Gasteiger partial charge in [-0.25, -0.2) is 4.98 Å². The number of β-amino-alcohol motifs (C(OH)–C–C–N with tert-alkyl or cyclic N) is 1. The average molecular weight is 984 g/mol. The highest BCUT2D eigenvalue weighted by atomic mass is 32.2. The predicted octanol–water partition coefficient (Wildman–Crippen LogP) is 8.18. The first-order valence-electron chi connectivity index (χ1n) is 24.2. The van der Waals surface area contributed by atoms with Gasteiger partial charge in [-0.05, 0) is 93.3 Å². The van der Waals surface area contributed by atoms with E-state index in [-0.39, 0.29) is 60.4 Å². The largest absolute Gasteiger partial charge is 0.490 e. The molecule has 8 rings (SSSR count). The molecule has 1 saturated carbocycles. The van der Waals surface area contributed by atoms with Gasteiger partial charge in [0.15, 0.2) is 0 Å². The number of benzene rings is 3.